The van der Waals surface area contributed by atoms with Gasteiger partial charge < -0.3 is 14.5 Å². The van der Waals surface area contributed by atoms with Crippen molar-refractivity contribution >= 4 is 59.9 Å². The molecular formula is C37H31F3N6O5S. The summed E-state index contributed by atoms with van der Waals surface area (Å²) >= 11 is 0. The predicted molar refractivity (Wildman–Crippen MR) is 191 cm³/mol. The number of amides is 1. The van der Waals surface area contributed by atoms with Crippen LogP contribution in [-0.2, 0) is 21.3 Å². The van der Waals surface area contributed by atoms with Crippen molar-refractivity contribution in [2.24, 2.45) is 0 Å². The molecule has 5 heterocycles. The Labute approximate surface area is 295 Å². The summed E-state index contributed by atoms with van der Waals surface area (Å²) in [6, 6.07) is 14.3. The second-order valence-corrected chi connectivity index (χ2v) is 14.7. The number of morpholine rings is 1. The Balaban J connectivity index is 1.40. The fourth-order valence-corrected chi connectivity index (χ4v) is 7.31. The van der Waals surface area contributed by atoms with Crippen LogP contribution >= 0.6 is 0 Å². The number of fused-ring (bicyclic) bond motifs is 6. The molecular weight excluding hydrogens is 698 g/mol. The molecule has 0 atom stereocenters. The molecule has 3 aromatic carbocycles. The van der Waals surface area contributed by atoms with Crippen molar-refractivity contribution in [2.45, 2.75) is 6.54 Å². The minimum absolute atomic E-state index is 0.0382. The van der Waals surface area contributed by atoms with Gasteiger partial charge in [0.15, 0.2) is 5.76 Å². The summed E-state index contributed by atoms with van der Waals surface area (Å²) in [5.41, 5.74) is 2.49. The van der Waals surface area contributed by atoms with Crippen molar-refractivity contribution in [1.29, 1.82) is 0 Å². The van der Waals surface area contributed by atoms with Gasteiger partial charge in [-0.25, -0.2) is 26.6 Å². The number of rotatable bonds is 7. The van der Waals surface area contributed by atoms with E-state index in [1.165, 1.54) is 32.3 Å². The van der Waals surface area contributed by atoms with Crippen molar-refractivity contribution in [3.05, 3.63) is 95.7 Å². The van der Waals surface area contributed by atoms with Crippen LogP contribution in [0.1, 0.15) is 16.2 Å². The molecule has 1 fully saturated rings. The molecule has 0 aliphatic carbocycles. The summed E-state index contributed by atoms with van der Waals surface area (Å²) in [5, 5.41) is 3.81. The van der Waals surface area contributed by atoms with Gasteiger partial charge in [-0.1, -0.05) is 6.07 Å². The Hall–Kier alpha value is -5.51. The molecule has 0 spiro atoms. The number of nitrogens with one attached hydrogen (secondary N) is 1. The van der Waals surface area contributed by atoms with E-state index in [0.29, 0.717) is 83.3 Å². The Morgan fingerprint density at radius 3 is 2.46 bits per heavy atom. The highest BCUT2D eigenvalue weighted by molar-refractivity contribution is 7.92. The van der Waals surface area contributed by atoms with E-state index in [1.54, 1.807) is 30.5 Å². The number of carbonyl (C=O) groups is 1. The van der Waals surface area contributed by atoms with Crippen molar-refractivity contribution in [2.75, 3.05) is 51.0 Å². The minimum atomic E-state index is -3.85. The molecule has 8 rings (SSSR count). The lowest BCUT2D eigenvalue weighted by atomic mass is 10.00. The number of sulfonamides is 1. The van der Waals surface area contributed by atoms with E-state index in [9.17, 15) is 17.6 Å². The molecule has 1 amide bonds. The molecule has 1 saturated heterocycles. The van der Waals surface area contributed by atoms with Crippen LogP contribution in [0.2, 0.25) is 0 Å². The maximum absolute atomic E-state index is 15.2. The number of furan rings is 1. The van der Waals surface area contributed by atoms with Gasteiger partial charge in [0.05, 0.1) is 71.3 Å². The lowest BCUT2D eigenvalue weighted by Gasteiger charge is -2.26. The van der Waals surface area contributed by atoms with Crippen LogP contribution < -0.4 is 9.62 Å². The van der Waals surface area contributed by atoms with Gasteiger partial charge in [-0.15, -0.1) is 0 Å². The molecule has 1 N–H and O–H groups in total. The van der Waals surface area contributed by atoms with Gasteiger partial charge in [0, 0.05) is 61.0 Å². The molecule has 52 heavy (non-hydrogen) atoms. The maximum atomic E-state index is 15.2. The van der Waals surface area contributed by atoms with Crippen molar-refractivity contribution in [3.63, 3.8) is 0 Å². The average Bonchev–Trinajstić information content (AvgIpc) is 3.70. The van der Waals surface area contributed by atoms with Crippen LogP contribution in [0.15, 0.2) is 71.3 Å². The number of hydrogen-bond donors (Lipinski definition) is 1. The number of aromatic nitrogens is 3. The van der Waals surface area contributed by atoms with E-state index in [1.807, 2.05) is 10.5 Å². The number of carbonyl (C=O) groups excluding carboxylic acids is 1. The molecule has 266 valence electrons. The number of halogens is 3. The first-order valence-electron chi connectivity index (χ1n) is 16.3. The smallest absolute Gasteiger partial charge is 0.255 e. The monoisotopic (exact) mass is 728 g/mol. The first-order chi connectivity index (χ1) is 24.9. The van der Waals surface area contributed by atoms with Gasteiger partial charge >= 0.3 is 0 Å². The second kappa shape index (κ2) is 12.6. The number of benzene rings is 3. The van der Waals surface area contributed by atoms with Crippen LogP contribution in [0.5, 0.6) is 0 Å². The van der Waals surface area contributed by atoms with E-state index in [2.05, 4.69) is 10.2 Å². The van der Waals surface area contributed by atoms with E-state index >= 15 is 8.78 Å². The Kier molecular flexibility index (Phi) is 8.16. The normalized spacial score (nSPS) is 14.2. The second-order valence-electron chi connectivity index (χ2n) is 12.6. The molecule has 7 aromatic rings. The van der Waals surface area contributed by atoms with Gasteiger partial charge in [0.1, 0.15) is 28.9 Å². The van der Waals surface area contributed by atoms with Gasteiger partial charge in [-0.2, -0.15) is 0 Å². The minimum Gasteiger partial charge on any atom is -0.455 e. The zero-order valence-corrected chi connectivity index (χ0v) is 29.0. The summed E-state index contributed by atoms with van der Waals surface area (Å²) in [7, 11) is -1.08. The van der Waals surface area contributed by atoms with Crippen molar-refractivity contribution in [1.82, 2.24) is 24.6 Å². The summed E-state index contributed by atoms with van der Waals surface area (Å²) in [5.74, 6) is -2.24. The number of hydrogen-bond acceptors (Lipinski definition) is 8. The highest BCUT2D eigenvalue weighted by atomic mass is 32.2. The Bertz CT molecular complexity index is 2710. The third-order valence-corrected chi connectivity index (χ3v) is 10.7. The van der Waals surface area contributed by atoms with Crippen LogP contribution in [0.3, 0.4) is 0 Å². The van der Waals surface area contributed by atoms with Gasteiger partial charge in [0.25, 0.3) is 5.91 Å². The van der Waals surface area contributed by atoms with Crippen molar-refractivity contribution < 1.29 is 35.5 Å². The van der Waals surface area contributed by atoms with E-state index in [0.717, 1.165) is 16.6 Å². The lowest BCUT2D eigenvalue weighted by molar-refractivity contribution is 0.0330. The zero-order chi connectivity index (χ0) is 36.5. The molecule has 11 nitrogen and oxygen atoms in total. The standard InChI is InChI=1S/C37H31F3N6O5S/c1-41-37(47)35-25-14-23(31(44(2)52(3,48)49)17-33(25)51-36(35)21-8-7-20(38)13-27(21)40)28-15-24-29(18-42-28)43-34(19-45-9-11-50-12-10-45)46-30-6-4-5-26(39)22(30)16-32(24)46/h4-8,13-18H,9-12,19H2,1-3H3,(H,41,47). The van der Waals surface area contributed by atoms with Crippen LogP contribution in [-0.4, -0.2) is 80.2 Å². The SMILES string of the molecule is CNC(=O)c1c(-c2ccc(F)cc2F)oc2cc(N(C)S(C)(=O)=O)c(-c3cc4c(cn3)nc(CN3CCOCC3)n3c5cccc(F)c5cc43)cc12. The molecule has 1 aliphatic rings. The van der Waals surface area contributed by atoms with Gasteiger partial charge in [-0.05, 0) is 42.5 Å². The average molecular weight is 729 g/mol. The van der Waals surface area contributed by atoms with Gasteiger partial charge in [0.2, 0.25) is 10.0 Å². The number of nitrogens with zero attached hydrogens (tertiary/aromatic N) is 5. The van der Waals surface area contributed by atoms with Crippen LogP contribution in [0, 0.1) is 17.5 Å². The van der Waals surface area contributed by atoms with E-state index in [-0.39, 0.29) is 33.5 Å². The topological polar surface area (TPSA) is 122 Å². The molecule has 4 aromatic heterocycles. The molecule has 0 bridgehead atoms. The zero-order valence-electron chi connectivity index (χ0n) is 28.2. The molecule has 15 heteroatoms. The highest BCUT2D eigenvalue weighted by Crippen LogP contribution is 2.42. The number of ether oxygens (including phenoxy) is 1. The van der Waals surface area contributed by atoms with Crippen molar-refractivity contribution in [3.8, 4) is 22.6 Å². The Morgan fingerprint density at radius 2 is 1.73 bits per heavy atom. The quantitative estimate of drug-likeness (QED) is 0.209. The van der Waals surface area contributed by atoms with Gasteiger partial charge in [-0.3, -0.25) is 23.4 Å². The maximum Gasteiger partial charge on any atom is 0.255 e. The lowest BCUT2D eigenvalue weighted by Crippen LogP contribution is -2.36. The summed E-state index contributed by atoms with van der Waals surface area (Å²) in [6.07, 6.45) is 2.61. The number of anilines is 1. The van der Waals surface area contributed by atoms with E-state index in [4.69, 9.17) is 19.1 Å². The fraction of sp³-hybridized carbons (Fsp3) is 0.216. The summed E-state index contributed by atoms with van der Waals surface area (Å²) in [4.78, 5) is 25.3. The third-order valence-electron chi connectivity index (χ3n) is 9.48. The molecule has 0 unspecified atom stereocenters. The van der Waals surface area contributed by atoms with E-state index < -0.39 is 33.4 Å². The summed E-state index contributed by atoms with van der Waals surface area (Å²) < 4.78 is 84.7. The number of pyridine rings is 1. The third kappa shape index (κ3) is 5.61. The van der Waals surface area contributed by atoms with Crippen LogP contribution in [0.4, 0.5) is 18.9 Å². The molecule has 0 radical (unpaired) electrons. The fourth-order valence-electron chi connectivity index (χ4n) is 6.81. The summed E-state index contributed by atoms with van der Waals surface area (Å²) in [6.45, 7) is 3.10. The first kappa shape index (κ1) is 33.6. The highest BCUT2D eigenvalue weighted by Gasteiger charge is 2.28. The molecule has 0 saturated carbocycles. The van der Waals surface area contributed by atoms with Crippen LogP contribution in [0.25, 0.3) is 60.9 Å². The first-order valence-corrected chi connectivity index (χ1v) is 18.2. The largest absolute Gasteiger partial charge is 0.455 e. The predicted octanol–water partition coefficient (Wildman–Crippen LogP) is 6.12. The Morgan fingerprint density at radius 1 is 0.942 bits per heavy atom. The molecule has 1 aliphatic heterocycles.